The van der Waals surface area contributed by atoms with Gasteiger partial charge in [-0.3, -0.25) is 19.3 Å². The van der Waals surface area contributed by atoms with Gasteiger partial charge < -0.3 is 34.1 Å². The highest BCUT2D eigenvalue weighted by Crippen LogP contribution is 2.40. The second-order valence-electron chi connectivity index (χ2n) is 16.4. The molecular formula is C42H50Cl2N8O6. The fraction of sp³-hybridized carbons (Fsp3) is 0.476. The summed E-state index contributed by atoms with van der Waals surface area (Å²) in [6, 6.07) is 10.5. The number of carbonyl (C=O) groups excluding carboxylic acids is 4. The van der Waals surface area contributed by atoms with Crippen LogP contribution in [-0.2, 0) is 54.3 Å². The van der Waals surface area contributed by atoms with Crippen LogP contribution in [0.5, 0.6) is 0 Å². The average Bonchev–Trinajstić information content (AvgIpc) is 3.71. The highest BCUT2D eigenvalue weighted by Gasteiger charge is 2.32. The predicted molar refractivity (Wildman–Crippen MR) is 221 cm³/mol. The normalized spacial score (nSPS) is 18.2. The number of fused-ring (bicyclic) bond motifs is 2. The standard InChI is InChI=1S/C42H50Cl2N8O6/c1-42(2,3)58-41(56)52-20-18-33-31(23-52)46-37(50(33)5)39(54)48-29-12-8-10-27(35(29)44)26-9-7-11-28(34(26)43)47-38(53)36-45-30-22-51(19-17-32(30)49(36)4)21-24-13-15-25(16-14-24)40(55)57-6/h7-12,24-25H,13-23H2,1-6H3,(H,47,53)(H,48,54)/t24-,25-. The minimum absolute atomic E-state index is 0.00221. The van der Waals surface area contributed by atoms with Crippen molar-refractivity contribution < 1.29 is 28.7 Å². The molecule has 7 rings (SSSR count). The maximum absolute atomic E-state index is 13.7. The molecule has 2 aliphatic heterocycles. The van der Waals surface area contributed by atoms with E-state index >= 15 is 0 Å². The summed E-state index contributed by atoms with van der Waals surface area (Å²) < 4.78 is 14.1. The lowest BCUT2D eigenvalue weighted by Crippen LogP contribution is -2.40. The monoisotopic (exact) mass is 832 g/mol. The summed E-state index contributed by atoms with van der Waals surface area (Å²) >= 11 is 13.9. The van der Waals surface area contributed by atoms with Crippen LogP contribution in [0.15, 0.2) is 36.4 Å². The summed E-state index contributed by atoms with van der Waals surface area (Å²) in [4.78, 5) is 65.4. The van der Waals surface area contributed by atoms with Crippen molar-refractivity contribution in [2.45, 2.75) is 78.0 Å². The SMILES string of the molecule is COC(=O)[C@H]1CC[C@H](CN2CCc3c(nc(C(=O)Nc4cccc(-c5cccc(NC(=O)c6nc7c(n6C)CCN(C(=O)OC(C)(C)C)C7)c5Cl)c4Cl)n3C)C2)CC1. The number of halogens is 2. The van der Waals surface area contributed by atoms with Crippen molar-refractivity contribution in [2.24, 2.45) is 25.9 Å². The molecular weight excluding hydrogens is 783 g/mol. The summed E-state index contributed by atoms with van der Waals surface area (Å²) in [5.74, 6) is 0.0390. The summed E-state index contributed by atoms with van der Waals surface area (Å²) in [5.41, 5.74) is 4.66. The first-order chi connectivity index (χ1) is 27.6. The Bertz CT molecular complexity index is 2250. The number of esters is 1. The molecule has 0 bridgehead atoms. The molecule has 0 saturated heterocycles. The number of nitrogens with one attached hydrogen (secondary N) is 2. The van der Waals surface area contributed by atoms with Gasteiger partial charge in [0.15, 0.2) is 11.6 Å². The van der Waals surface area contributed by atoms with E-state index in [1.807, 2.05) is 32.4 Å². The van der Waals surface area contributed by atoms with Crippen LogP contribution in [0, 0.1) is 11.8 Å². The van der Waals surface area contributed by atoms with Gasteiger partial charge in [0.1, 0.15) is 5.60 Å². The summed E-state index contributed by atoms with van der Waals surface area (Å²) in [5, 5.41) is 6.39. The van der Waals surface area contributed by atoms with Gasteiger partial charge in [-0.05, 0) is 64.5 Å². The van der Waals surface area contributed by atoms with Gasteiger partial charge in [-0.15, -0.1) is 0 Å². The summed E-state index contributed by atoms with van der Waals surface area (Å²) in [6.07, 6.45) is 4.58. The maximum Gasteiger partial charge on any atom is 0.410 e. The predicted octanol–water partition coefficient (Wildman–Crippen LogP) is 7.26. The van der Waals surface area contributed by atoms with Crippen molar-refractivity contribution in [3.63, 3.8) is 0 Å². The number of ether oxygens (including phenoxy) is 2. The molecule has 2 aromatic heterocycles. The van der Waals surface area contributed by atoms with Gasteiger partial charge in [0.05, 0.1) is 52.4 Å². The van der Waals surface area contributed by atoms with Crippen LogP contribution < -0.4 is 10.6 Å². The van der Waals surface area contributed by atoms with Gasteiger partial charge >= 0.3 is 12.1 Å². The Morgan fingerprint density at radius 1 is 0.776 bits per heavy atom. The average molecular weight is 834 g/mol. The molecule has 58 heavy (non-hydrogen) atoms. The van der Waals surface area contributed by atoms with E-state index in [1.54, 1.807) is 52.9 Å². The number of anilines is 2. The molecule has 16 heteroatoms. The fourth-order valence-electron chi connectivity index (χ4n) is 8.30. The first kappa shape index (κ1) is 41.2. The molecule has 0 unspecified atom stereocenters. The lowest BCUT2D eigenvalue weighted by atomic mass is 9.81. The van der Waals surface area contributed by atoms with Crippen LogP contribution in [0.1, 0.15) is 90.5 Å². The van der Waals surface area contributed by atoms with Crippen LogP contribution in [0.3, 0.4) is 0 Å². The molecule has 2 N–H and O–H groups in total. The first-order valence-electron chi connectivity index (χ1n) is 19.7. The van der Waals surface area contributed by atoms with E-state index in [0.717, 1.165) is 62.3 Å². The van der Waals surface area contributed by atoms with Gasteiger partial charge in [0.2, 0.25) is 0 Å². The van der Waals surface area contributed by atoms with Crippen molar-refractivity contribution in [1.82, 2.24) is 28.9 Å². The quantitative estimate of drug-likeness (QED) is 0.175. The molecule has 4 aromatic rings. The van der Waals surface area contributed by atoms with Crippen LogP contribution in [0.2, 0.25) is 10.0 Å². The van der Waals surface area contributed by atoms with Crippen LogP contribution in [0.25, 0.3) is 11.1 Å². The Kier molecular flexibility index (Phi) is 11.9. The lowest BCUT2D eigenvalue weighted by molar-refractivity contribution is -0.146. The number of benzene rings is 2. The number of hydrogen-bond acceptors (Lipinski definition) is 9. The molecule has 1 fully saturated rings. The number of carbonyl (C=O) groups is 4. The van der Waals surface area contributed by atoms with E-state index in [4.69, 9.17) is 37.7 Å². The Morgan fingerprint density at radius 3 is 1.81 bits per heavy atom. The third-order valence-electron chi connectivity index (χ3n) is 11.3. The molecule has 2 aromatic carbocycles. The Morgan fingerprint density at radius 2 is 1.29 bits per heavy atom. The van der Waals surface area contributed by atoms with Gasteiger partial charge in [0.25, 0.3) is 11.8 Å². The molecule has 3 amide bonds. The van der Waals surface area contributed by atoms with E-state index in [1.165, 1.54) is 7.11 Å². The molecule has 4 heterocycles. The molecule has 0 radical (unpaired) electrons. The fourth-order valence-corrected chi connectivity index (χ4v) is 8.85. The van der Waals surface area contributed by atoms with E-state index < -0.39 is 17.6 Å². The Balaban J connectivity index is 1.01. The molecule has 1 saturated carbocycles. The Labute approximate surface area is 348 Å². The molecule has 1 aliphatic carbocycles. The van der Waals surface area contributed by atoms with Crippen LogP contribution in [0.4, 0.5) is 16.2 Å². The smallest absolute Gasteiger partial charge is 0.410 e. The van der Waals surface area contributed by atoms with Crippen molar-refractivity contribution in [3.8, 4) is 11.1 Å². The number of nitrogens with zero attached hydrogens (tertiary/aromatic N) is 6. The second-order valence-corrected chi connectivity index (χ2v) is 17.2. The van der Waals surface area contributed by atoms with Crippen molar-refractivity contribution >= 4 is 58.5 Å². The Hall–Kier alpha value is -4.92. The van der Waals surface area contributed by atoms with Gasteiger partial charge in [-0.2, -0.15) is 0 Å². The molecule has 14 nitrogen and oxygen atoms in total. The lowest BCUT2D eigenvalue weighted by Gasteiger charge is -2.33. The van der Waals surface area contributed by atoms with Crippen molar-refractivity contribution in [3.05, 3.63) is 80.9 Å². The molecule has 0 atom stereocenters. The zero-order valence-electron chi connectivity index (χ0n) is 33.8. The van der Waals surface area contributed by atoms with Gasteiger partial charge in [-0.25, -0.2) is 14.8 Å². The van der Waals surface area contributed by atoms with Crippen molar-refractivity contribution in [1.29, 1.82) is 0 Å². The van der Waals surface area contributed by atoms with E-state index in [2.05, 4.69) is 20.5 Å². The number of imidazole rings is 2. The van der Waals surface area contributed by atoms with Crippen LogP contribution in [-0.4, -0.2) is 85.1 Å². The van der Waals surface area contributed by atoms with E-state index in [-0.39, 0.29) is 40.2 Å². The molecule has 0 spiro atoms. The minimum Gasteiger partial charge on any atom is -0.469 e. The molecule has 308 valence electrons. The van der Waals surface area contributed by atoms with Crippen LogP contribution >= 0.6 is 23.2 Å². The van der Waals surface area contributed by atoms with E-state index in [9.17, 15) is 19.2 Å². The largest absolute Gasteiger partial charge is 0.469 e. The third kappa shape index (κ3) is 8.60. The highest BCUT2D eigenvalue weighted by molar-refractivity contribution is 6.40. The number of aromatic nitrogens is 4. The van der Waals surface area contributed by atoms with Gasteiger partial charge in [-0.1, -0.05) is 47.5 Å². The number of amides is 3. The zero-order valence-corrected chi connectivity index (χ0v) is 35.3. The van der Waals surface area contributed by atoms with Gasteiger partial charge in [0, 0.05) is 75.6 Å². The number of methoxy groups -OCH3 is 1. The third-order valence-corrected chi connectivity index (χ3v) is 12.1. The minimum atomic E-state index is -0.625. The molecule has 3 aliphatic rings. The summed E-state index contributed by atoms with van der Waals surface area (Å²) in [7, 11) is 5.09. The van der Waals surface area contributed by atoms with E-state index in [0.29, 0.717) is 59.4 Å². The van der Waals surface area contributed by atoms with Crippen molar-refractivity contribution in [2.75, 3.05) is 37.4 Å². The zero-order chi connectivity index (χ0) is 41.5. The highest BCUT2D eigenvalue weighted by atomic mass is 35.5. The number of rotatable bonds is 8. The maximum atomic E-state index is 13.7. The number of hydrogen-bond donors (Lipinski definition) is 2. The summed E-state index contributed by atoms with van der Waals surface area (Å²) in [6.45, 7) is 8.60. The topological polar surface area (TPSA) is 153 Å². The second kappa shape index (κ2) is 16.7. The first-order valence-corrected chi connectivity index (χ1v) is 20.4.